The summed E-state index contributed by atoms with van der Waals surface area (Å²) in [6.07, 6.45) is 0. The minimum absolute atomic E-state index is 0.0174. The lowest BCUT2D eigenvalue weighted by molar-refractivity contribution is 0.0461. The Morgan fingerprint density at radius 1 is 1.39 bits per heavy atom. The molecule has 0 radical (unpaired) electrons. The van der Waals surface area contributed by atoms with Gasteiger partial charge in [-0.05, 0) is 26.0 Å². The SMILES string of the molecule is Cc1ccc(O)c(C(=O)OCc2cc(C)on2)c1. The summed E-state index contributed by atoms with van der Waals surface area (Å²) >= 11 is 0. The molecule has 0 atom stereocenters. The number of phenols is 1. The normalized spacial score (nSPS) is 10.3. The quantitative estimate of drug-likeness (QED) is 0.843. The van der Waals surface area contributed by atoms with Gasteiger partial charge in [-0.2, -0.15) is 0 Å². The molecular weight excluding hydrogens is 234 g/mol. The van der Waals surface area contributed by atoms with Gasteiger partial charge < -0.3 is 14.4 Å². The first-order valence-electron chi connectivity index (χ1n) is 5.45. The molecule has 0 spiro atoms. The Labute approximate surface area is 104 Å². The van der Waals surface area contributed by atoms with E-state index in [0.717, 1.165) is 5.56 Å². The van der Waals surface area contributed by atoms with Crippen molar-refractivity contribution in [2.24, 2.45) is 0 Å². The number of carbonyl (C=O) groups is 1. The van der Waals surface area contributed by atoms with Gasteiger partial charge in [-0.3, -0.25) is 0 Å². The largest absolute Gasteiger partial charge is 0.507 e. The smallest absolute Gasteiger partial charge is 0.342 e. The summed E-state index contributed by atoms with van der Waals surface area (Å²) < 4.78 is 9.90. The third kappa shape index (κ3) is 2.68. The summed E-state index contributed by atoms with van der Waals surface area (Å²) in [5, 5.41) is 13.3. The number of hydrogen-bond acceptors (Lipinski definition) is 5. The van der Waals surface area contributed by atoms with E-state index in [0.29, 0.717) is 11.5 Å². The van der Waals surface area contributed by atoms with E-state index in [1.807, 2.05) is 6.92 Å². The van der Waals surface area contributed by atoms with E-state index < -0.39 is 5.97 Å². The number of esters is 1. The third-order valence-electron chi connectivity index (χ3n) is 2.40. The topological polar surface area (TPSA) is 72.6 Å². The molecule has 1 aromatic carbocycles. The van der Waals surface area contributed by atoms with E-state index in [1.54, 1.807) is 25.1 Å². The summed E-state index contributed by atoms with van der Waals surface area (Å²) in [6.45, 7) is 3.60. The van der Waals surface area contributed by atoms with Crippen LogP contribution in [0.4, 0.5) is 0 Å². The molecule has 0 bridgehead atoms. The van der Waals surface area contributed by atoms with Crippen LogP contribution in [0.1, 0.15) is 27.4 Å². The van der Waals surface area contributed by atoms with Crippen molar-refractivity contribution >= 4 is 5.97 Å². The summed E-state index contributed by atoms with van der Waals surface area (Å²) in [4.78, 5) is 11.8. The molecule has 0 aliphatic carbocycles. The van der Waals surface area contributed by atoms with Crippen molar-refractivity contribution in [2.75, 3.05) is 0 Å². The number of hydrogen-bond donors (Lipinski definition) is 1. The highest BCUT2D eigenvalue weighted by molar-refractivity contribution is 5.92. The van der Waals surface area contributed by atoms with Crippen LogP contribution >= 0.6 is 0 Å². The minimum Gasteiger partial charge on any atom is -0.507 e. The third-order valence-corrected chi connectivity index (χ3v) is 2.40. The van der Waals surface area contributed by atoms with Gasteiger partial charge in [-0.1, -0.05) is 16.8 Å². The van der Waals surface area contributed by atoms with Gasteiger partial charge in [0.05, 0.1) is 0 Å². The van der Waals surface area contributed by atoms with Crippen LogP contribution in [0.3, 0.4) is 0 Å². The van der Waals surface area contributed by atoms with Crippen LogP contribution in [0, 0.1) is 13.8 Å². The van der Waals surface area contributed by atoms with Crippen molar-refractivity contribution in [1.82, 2.24) is 5.16 Å². The Kier molecular flexibility index (Phi) is 3.32. The zero-order valence-corrected chi connectivity index (χ0v) is 10.1. The highest BCUT2D eigenvalue weighted by Gasteiger charge is 2.13. The zero-order valence-electron chi connectivity index (χ0n) is 10.1. The van der Waals surface area contributed by atoms with E-state index in [4.69, 9.17) is 9.26 Å². The Balaban J connectivity index is 2.05. The molecule has 18 heavy (non-hydrogen) atoms. The lowest BCUT2D eigenvalue weighted by atomic mass is 10.1. The zero-order chi connectivity index (χ0) is 13.1. The lowest BCUT2D eigenvalue weighted by Crippen LogP contribution is -2.06. The number of phenolic OH excluding ortho intramolecular Hbond substituents is 1. The van der Waals surface area contributed by atoms with E-state index in [9.17, 15) is 9.90 Å². The number of aromatic nitrogens is 1. The predicted molar refractivity (Wildman–Crippen MR) is 63.2 cm³/mol. The van der Waals surface area contributed by atoms with Crippen molar-refractivity contribution in [3.8, 4) is 5.75 Å². The molecule has 0 amide bonds. The van der Waals surface area contributed by atoms with Gasteiger partial charge in [0, 0.05) is 6.07 Å². The Hall–Kier alpha value is -2.30. The standard InChI is InChI=1S/C13H13NO4/c1-8-3-4-12(15)11(5-8)13(16)17-7-10-6-9(2)18-14-10/h3-6,15H,7H2,1-2H3. The second-order valence-electron chi connectivity index (χ2n) is 4.03. The van der Waals surface area contributed by atoms with E-state index >= 15 is 0 Å². The Bertz CT molecular complexity index is 574. The number of rotatable bonds is 3. The van der Waals surface area contributed by atoms with Crippen LogP contribution in [0.25, 0.3) is 0 Å². The maximum Gasteiger partial charge on any atom is 0.342 e. The van der Waals surface area contributed by atoms with Gasteiger partial charge in [-0.15, -0.1) is 0 Å². The molecule has 0 fully saturated rings. The molecular formula is C13H13NO4. The van der Waals surface area contributed by atoms with Gasteiger partial charge in [-0.25, -0.2) is 4.79 Å². The van der Waals surface area contributed by atoms with Gasteiger partial charge in [0.15, 0.2) is 0 Å². The van der Waals surface area contributed by atoms with Gasteiger partial charge in [0.25, 0.3) is 0 Å². The average Bonchev–Trinajstić information content (AvgIpc) is 2.75. The first-order chi connectivity index (χ1) is 8.56. The maximum atomic E-state index is 11.8. The highest BCUT2D eigenvalue weighted by Crippen LogP contribution is 2.19. The summed E-state index contributed by atoms with van der Waals surface area (Å²) in [7, 11) is 0. The summed E-state index contributed by atoms with van der Waals surface area (Å²) in [5.74, 6) is -0.0294. The average molecular weight is 247 g/mol. The summed E-state index contributed by atoms with van der Waals surface area (Å²) in [6, 6.07) is 6.44. The fourth-order valence-corrected chi connectivity index (χ4v) is 1.52. The Morgan fingerprint density at radius 3 is 2.83 bits per heavy atom. The molecule has 5 nitrogen and oxygen atoms in total. The fourth-order valence-electron chi connectivity index (χ4n) is 1.52. The maximum absolute atomic E-state index is 11.8. The molecule has 1 heterocycles. The molecule has 0 saturated carbocycles. The number of aromatic hydroxyl groups is 1. The van der Waals surface area contributed by atoms with E-state index in [1.165, 1.54) is 6.07 Å². The second-order valence-corrected chi connectivity index (χ2v) is 4.03. The molecule has 0 saturated heterocycles. The van der Waals surface area contributed by atoms with E-state index in [-0.39, 0.29) is 17.9 Å². The first-order valence-corrected chi connectivity index (χ1v) is 5.45. The van der Waals surface area contributed by atoms with Crippen LogP contribution in [-0.2, 0) is 11.3 Å². The van der Waals surface area contributed by atoms with Crippen LogP contribution in [0.5, 0.6) is 5.75 Å². The van der Waals surface area contributed by atoms with Crippen molar-refractivity contribution in [2.45, 2.75) is 20.5 Å². The molecule has 0 aliphatic rings. The fraction of sp³-hybridized carbons (Fsp3) is 0.231. The lowest BCUT2D eigenvalue weighted by Gasteiger charge is -2.05. The van der Waals surface area contributed by atoms with E-state index in [2.05, 4.69) is 5.16 Å². The minimum atomic E-state index is -0.586. The number of benzene rings is 1. The van der Waals surface area contributed by atoms with Gasteiger partial charge in [0.2, 0.25) is 0 Å². The van der Waals surface area contributed by atoms with Crippen molar-refractivity contribution < 1.29 is 19.2 Å². The molecule has 1 N–H and O–H groups in total. The highest BCUT2D eigenvalue weighted by atomic mass is 16.5. The molecule has 1 aromatic heterocycles. The molecule has 2 aromatic rings. The molecule has 0 unspecified atom stereocenters. The van der Waals surface area contributed by atoms with Crippen molar-refractivity contribution in [1.29, 1.82) is 0 Å². The Morgan fingerprint density at radius 2 is 2.17 bits per heavy atom. The van der Waals surface area contributed by atoms with Gasteiger partial charge in [0.1, 0.15) is 29.4 Å². The second kappa shape index (κ2) is 4.91. The molecule has 94 valence electrons. The van der Waals surface area contributed by atoms with Gasteiger partial charge >= 0.3 is 5.97 Å². The molecule has 5 heteroatoms. The van der Waals surface area contributed by atoms with Crippen LogP contribution in [0.15, 0.2) is 28.8 Å². The first kappa shape index (κ1) is 12.2. The molecule has 2 rings (SSSR count). The number of carbonyl (C=O) groups excluding carboxylic acids is 1. The summed E-state index contributed by atoms with van der Waals surface area (Å²) in [5.41, 5.74) is 1.56. The molecule has 0 aliphatic heterocycles. The number of nitrogens with zero attached hydrogens (tertiary/aromatic N) is 1. The number of ether oxygens (including phenoxy) is 1. The van der Waals surface area contributed by atoms with Crippen LogP contribution < -0.4 is 0 Å². The number of aryl methyl sites for hydroxylation is 2. The van der Waals surface area contributed by atoms with Crippen LogP contribution in [-0.4, -0.2) is 16.2 Å². The van der Waals surface area contributed by atoms with Crippen molar-refractivity contribution in [3.63, 3.8) is 0 Å². The monoisotopic (exact) mass is 247 g/mol. The predicted octanol–water partition coefficient (Wildman–Crippen LogP) is 2.35. The van der Waals surface area contributed by atoms with Crippen molar-refractivity contribution in [3.05, 3.63) is 46.8 Å². The van der Waals surface area contributed by atoms with Crippen LogP contribution in [0.2, 0.25) is 0 Å².